The quantitative estimate of drug-likeness (QED) is 0.343. The van der Waals surface area contributed by atoms with E-state index in [1.807, 2.05) is 24.3 Å². The van der Waals surface area contributed by atoms with E-state index in [2.05, 4.69) is 4.98 Å². The number of ether oxygens (including phenoxy) is 1. The smallest absolute Gasteiger partial charge is 0.313 e. The molecule has 0 N–H and O–H groups in total. The molecule has 26 heavy (non-hydrogen) atoms. The number of carbonyl (C=O) groups excluding carboxylic acids is 3. The average molecular weight is 387 g/mol. The Labute approximate surface area is 158 Å². The Hall–Kier alpha value is -2.38. The first-order valence-electron chi connectivity index (χ1n) is 8.12. The number of hydrogen-bond donors (Lipinski definition) is 0. The van der Waals surface area contributed by atoms with E-state index in [-0.39, 0.29) is 30.5 Å². The molecule has 0 saturated heterocycles. The summed E-state index contributed by atoms with van der Waals surface area (Å²) in [6.45, 7) is 3.46. The van der Waals surface area contributed by atoms with Crippen LogP contribution in [0.3, 0.4) is 0 Å². The minimum Gasteiger partial charge on any atom is -0.463 e. The van der Waals surface area contributed by atoms with Gasteiger partial charge in [0.15, 0.2) is 16.6 Å². The zero-order valence-corrected chi connectivity index (χ0v) is 16.0. The summed E-state index contributed by atoms with van der Waals surface area (Å²) in [5.74, 6) is -1.02. The number of ketones is 2. The van der Waals surface area contributed by atoms with Gasteiger partial charge in [0.05, 0.1) is 16.3 Å². The van der Waals surface area contributed by atoms with Crippen LogP contribution in [0.5, 0.6) is 0 Å². The highest BCUT2D eigenvalue weighted by atomic mass is 32.1. The third kappa shape index (κ3) is 4.23. The van der Waals surface area contributed by atoms with Crippen molar-refractivity contribution < 1.29 is 19.1 Å². The molecule has 0 saturated carbocycles. The number of para-hydroxylation sites is 1. The molecule has 7 heteroatoms. The number of thiophene rings is 1. The summed E-state index contributed by atoms with van der Waals surface area (Å²) in [5.41, 5.74) is 1.20. The molecule has 0 atom stereocenters. The van der Waals surface area contributed by atoms with Gasteiger partial charge < -0.3 is 4.74 Å². The van der Waals surface area contributed by atoms with Crippen molar-refractivity contribution in [2.24, 2.45) is 0 Å². The van der Waals surface area contributed by atoms with E-state index >= 15 is 0 Å². The molecule has 1 aromatic carbocycles. The molecule has 2 heterocycles. The van der Waals surface area contributed by atoms with Crippen molar-refractivity contribution in [3.63, 3.8) is 0 Å². The number of Topliss-reactive ketones (excluding diaryl/α,β-unsaturated/α-hetero) is 2. The van der Waals surface area contributed by atoms with E-state index in [1.165, 1.54) is 22.7 Å². The van der Waals surface area contributed by atoms with Gasteiger partial charge in [0.25, 0.3) is 0 Å². The van der Waals surface area contributed by atoms with E-state index in [4.69, 9.17) is 4.74 Å². The zero-order valence-electron chi connectivity index (χ0n) is 14.4. The van der Waals surface area contributed by atoms with E-state index in [9.17, 15) is 14.4 Å². The topological polar surface area (TPSA) is 73.3 Å². The van der Waals surface area contributed by atoms with Crippen LogP contribution < -0.4 is 0 Å². The fourth-order valence-corrected chi connectivity index (χ4v) is 4.26. The molecule has 5 nitrogen and oxygen atoms in total. The van der Waals surface area contributed by atoms with Crippen molar-refractivity contribution in [2.45, 2.75) is 32.8 Å². The highest BCUT2D eigenvalue weighted by molar-refractivity contribution is 7.20. The summed E-state index contributed by atoms with van der Waals surface area (Å²) in [6, 6.07) is 9.22. The Morgan fingerprint density at radius 3 is 2.62 bits per heavy atom. The molecule has 0 aliphatic heterocycles. The zero-order chi connectivity index (χ0) is 18.7. The molecular formula is C19H17NO4S2. The molecule has 0 spiro atoms. The van der Waals surface area contributed by atoms with E-state index < -0.39 is 5.97 Å². The van der Waals surface area contributed by atoms with Gasteiger partial charge in [-0.2, -0.15) is 0 Å². The first-order valence-corrected chi connectivity index (χ1v) is 9.81. The normalized spacial score (nSPS) is 11.0. The molecule has 0 fully saturated rings. The molecule has 0 unspecified atom stereocenters. The van der Waals surface area contributed by atoms with Crippen molar-refractivity contribution >= 4 is 50.4 Å². The Balaban J connectivity index is 1.72. The molecule has 2 aromatic heterocycles. The molecule has 0 aliphatic rings. The maximum atomic E-state index is 12.6. The summed E-state index contributed by atoms with van der Waals surface area (Å²) in [7, 11) is 0. The minimum atomic E-state index is -0.556. The predicted molar refractivity (Wildman–Crippen MR) is 102 cm³/mol. The Morgan fingerprint density at radius 2 is 1.88 bits per heavy atom. The molecule has 0 amide bonds. The van der Waals surface area contributed by atoms with Crippen LogP contribution >= 0.6 is 22.7 Å². The first kappa shape index (κ1) is 18.4. The largest absolute Gasteiger partial charge is 0.463 e. The monoisotopic (exact) mass is 387 g/mol. The maximum Gasteiger partial charge on any atom is 0.313 e. The second kappa shape index (κ2) is 7.88. The number of hydrogen-bond acceptors (Lipinski definition) is 7. The summed E-state index contributed by atoms with van der Waals surface area (Å²) in [5, 5.41) is 2.18. The molecule has 3 rings (SSSR count). The lowest BCUT2D eigenvalue weighted by molar-refractivity contribution is -0.146. The third-order valence-electron chi connectivity index (χ3n) is 3.57. The van der Waals surface area contributed by atoms with Gasteiger partial charge in [0.2, 0.25) is 0 Å². The van der Waals surface area contributed by atoms with Gasteiger partial charge >= 0.3 is 5.97 Å². The van der Waals surface area contributed by atoms with Crippen LogP contribution in [0.1, 0.15) is 45.3 Å². The predicted octanol–water partition coefficient (Wildman–Crippen LogP) is 4.31. The number of benzene rings is 1. The van der Waals surface area contributed by atoms with Crippen LogP contribution in [0.15, 0.2) is 35.7 Å². The molecule has 0 radical (unpaired) electrons. The van der Waals surface area contributed by atoms with Crippen LogP contribution in [0, 0.1) is 0 Å². The highest BCUT2D eigenvalue weighted by Gasteiger charge is 2.21. The van der Waals surface area contributed by atoms with Gasteiger partial charge in [-0.1, -0.05) is 12.1 Å². The molecular weight excluding hydrogens is 370 g/mol. The van der Waals surface area contributed by atoms with Crippen LogP contribution in [0.2, 0.25) is 0 Å². The number of carbonyl (C=O) groups is 3. The Morgan fingerprint density at radius 1 is 1.12 bits per heavy atom. The fraction of sp³-hybridized carbons (Fsp3) is 0.263. The van der Waals surface area contributed by atoms with E-state index in [0.29, 0.717) is 15.4 Å². The second-order valence-corrected chi connectivity index (χ2v) is 8.01. The highest BCUT2D eigenvalue weighted by Crippen LogP contribution is 2.25. The van der Waals surface area contributed by atoms with Gasteiger partial charge in [-0.05, 0) is 37.4 Å². The molecule has 3 aromatic rings. The lowest BCUT2D eigenvalue weighted by atomic mass is 10.1. The third-order valence-corrected chi connectivity index (χ3v) is 5.57. The molecule has 134 valence electrons. The van der Waals surface area contributed by atoms with Crippen molar-refractivity contribution in [1.82, 2.24) is 4.98 Å². The summed E-state index contributed by atoms with van der Waals surface area (Å²) < 4.78 is 5.96. The van der Waals surface area contributed by atoms with Crippen LogP contribution in [0.25, 0.3) is 10.2 Å². The number of thiazole rings is 1. The number of esters is 1. The lowest BCUT2D eigenvalue weighted by Crippen LogP contribution is -2.16. The van der Waals surface area contributed by atoms with Gasteiger partial charge in [-0.15, -0.1) is 22.7 Å². The molecule has 0 bridgehead atoms. The van der Waals surface area contributed by atoms with Crippen molar-refractivity contribution in [2.75, 3.05) is 0 Å². The Kier molecular flexibility index (Phi) is 5.58. The standard InChI is InChI=1S/C19H17NO4S2/c1-11(2)24-18(23)10-14(21)12-7-8-25-17(12)9-15(22)19-20-13-5-3-4-6-16(13)26-19/h3-8,11H,9-10H2,1-2H3. The number of aromatic nitrogens is 1. The van der Waals surface area contributed by atoms with E-state index in [1.54, 1.807) is 25.3 Å². The first-order chi connectivity index (χ1) is 12.4. The van der Waals surface area contributed by atoms with Crippen LogP contribution in [0.4, 0.5) is 0 Å². The number of nitrogens with zero attached hydrogens (tertiary/aromatic N) is 1. The second-order valence-electron chi connectivity index (χ2n) is 5.98. The van der Waals surface area contributed by atoms with Crippen LogP contribution in [-0.4, -0.2) is 28.6 Å². The maximum absolute atomic E-state index is 12.6. The van der Waals surface area contributed by atoms with Crippen molar-refractivity contribution in [1.29, 1.82) is 0 Å². The van der Waals surface area contributed by atoms with Crippen LogP contribution in [-0.2, 0) is 16.0 Å². The molecule has 0 aliphatic carbocycles. The SMILES string of the molecule is CC(C)OC(=O)CC(=O)c1ccsc1CC(=O)c1nc2ccccc2s1. The summed E-state index contributed by atoms with van der Waals surface area (Å²) in [6.07, 6.45) is -0.493. The lowest BCUT2D eigenvalue weighted by Gasteiger charge is -2.07. The number of rotatable bonds is 7. The fourth-order valence-electron chi connectivity index (χ4n) is 2.47. The van der Waals surface area contributed by atoms with Crippen molar-refractivity contribution in [3.05, 3.63) is 51.2 Å². The van der Waals surface area contributed by atoms with Gasteiger partial charge in [-0.3, -0.25) is 14.4 Å². The van der Waals surface area contributed by atoms with E-state index in [0.717, 1.165) is 10.2 Å². The van der Waals surface area contributed by atoms with Crippen molar-refractivity contribution in [3.8, 4) is 0 Å². The average Bonchev–Trinajstić information content (AvgIpc) is 3.20. The van der Waals surface area contributed by atoms with Gasteiger partial charge in [-0.25, -0.2) is 4.98 Å². The minimum absolute atomic E-state index is 0.0950. The Bertz CT molecular complexity index is 938. The van der Waals surface area contributed by atoms with Gasteiger partial charge in [0, 0.05) is 16.9 Å². The van der Waals surface area contributed by atoms with Gasteiger partial charge in [0.1, 0.15) is 6.42 Å². The number of fused-ring (bicyclic) bond motifs is 1. The summed E-state index contributed by atoms with van der Waals surface area (Å²) in [4.78, 5) is 41.6. The summed E-state index contributed by atoms with van der Waals surface area (Å²) >= 11 is 2.68.